The van der Waals surface area contributed by atoms with Gasteiger partial charge in [0.2, 0.25) is 5.88 Å². The third-order valence-corrected chi connectivity index (χ3v) is 7.49. The molecule has 0 saturated carbocycles. The van der Waals surface area contributed by atoms with Gasteiger partial charge in [0.1, 0.15) is 5.75 Å². The van der Waals surface area contributed by atoms with Crippen LogP contribution >= 0.6 is 15.9 Å². The maximum Gasteiger partial charge on any atom is 0.238 e. The number of hydrogen-bond acceptors (Lipinski definition) is 4. The Kier molecular flexibility index (Phi) is 7.21. The van der Waals surface area contributed by atoms with Crippen molar-refractivity contribution >= 4 is 38.3 Å². The first-order valence-electron chi connectivity index (χ1n) is 13.0. The Bertz CT molecular complexity index is 1780. The van der Waals surface area contributed by atoms with E-state index in [4.69, 9.17) is 4.74 Å². The summed E-state index contributed by atoms with van der Waals surface area (Å²) in [6, 6.07) is 33.3. The number of para-hydroxylation sites is 2. The number of halogens is 1. The van der Waals surface area contributed by atoms with Crippen molar-refractivity contribution in [3.63, 3.8) is 0 Å². The third kappa shape index (κ3) is 5.56. The minimum Gasteiger partial charge on any atom is -0.437 e. The van der Waals surface area contributed by atoms with Crippen molar-refractivity contribution < 1.29 is 9.53 Å². The van der Waals surface area contributed by atoms with Gasteiger partial charge in [-0.3, -0.25) is 4.79 Å². The Balaban J connectivity index is 1.32. The molecule has 0 radical (unpaired) electrons. The minimum absolute atomic E-state index is 0.0261. The fourth-order valence-electron chi connectivity index (χ4n) is 4.93. The monoisotopic (exact) mass is 584 g/mol. The molecule has 0 saturated heterocycles. The SMILES string of the molecule is O=C(/C=C/C1(c2ccc(Oc3cnc4ccccc4n3)cc2)C=CC=C(c2cccc(Br)c2)C1)c1ccccc1. The van der Waals surface area contributed by atoms with Gasteiger partial charge >= 0.3 is 0 Å². The Morgan fingerprint density at radius 2 is 1.65 bits per heavy atom. The van der Waals surface area contributed by atoms with E-state index in [1.54, 1.807) is 12.3 Å². The standard InChI is InChI=1S/C35H25BrN2O2/c36-29-12-6-10-26(22-29)27-11-7-20-35(23-27,21-19-33(39)25-8-2-1-3-9-25)28-15-17-30(18-16-28)40-34-24-37-31-13-4-5-14-32(31)38-34/h1-22,24H,23H2/b21-19+. The lowest BCUT2D eigenvalue weighted by atomic mass is 9.71. The van der Waals surface area contributed by atoms with E-state index in [0.717, 1.165) is 26.6 Å². The zero-order chi connectivity index (χ0) is 27.4. The number of ketones is 1. The molecule has 1 aliphatic carbocycles. The fourth-order valence-corrected chi connectivity index (χ4v) is 5.33. The summed E-state index contributed by atoms with van der Waals surface area (Å²) in [5, 5.41) is 0. The molecule has 40 heavy (non-hydrogen) atoms. The number of ether oxygens (including phenoxy) is 1. The number of aromatic nitrogens is 2. The van der Waals surface area contributed by atoms with Crippen LogP contribution in [0.5, 0.6) is 11.6 Å². The minimum atomic E-state index is -0.516. The van der Waals surface area contributed by atoms with Crippen LogP contribution in [-0.2, 0) is 5.41 Å². The molecule has 5 aromatic rings. The first-order chi connectivity index (χ1) is 19.6. The van der Waals surface area contributed by atoms with E-state index in [0.29, 0.717) is 23.6 Å². The molecule has 1 unspecified atom stereocenters. The summed E-state index contributed by atoms with van der Waals surface area (Å²) in [6.45, 7) is 0. The predicted octanol–water partition coefficient (Wildman–Crippen LogP) is 8.90. The van der Waals surface area contributed by atoms with Crippen molar-refractivity contribution in [2.75, 3.05) is 0 Å². The van der Waals surface area contributed by atoms with E-state index in [-0.39, 0.29) is 5.78 Å². The lowest BCUT2D eigenvalue weighted by molar-refractivity contribution is 0.104. The second-order valence-electron chi connectivity index (χ2n) is 9.67. The van der Waals surface area contributed by atoms with Gasteiger partial charge in [-0.15, -0.1) is 0 Å². The van der Waals surface area contributed by atoms with Crippen LogP contribution in [0.15, 0.2) is 144 Å². The predicted molar refractivity (Wildman–Crippen MR) is 164 cm³/mol. The molecule has 1 atom stereocenters. The Morgan fingerprint density at radius 3 is 2.45 bits per heavy atom. The topological polar surface area (TPSA) is 52.1 Å². The largest absolute Gasteiger partial charge is 0.437 e. The maximum absolute atomic E-state index is 13.0. The molecule has 1 aliphatic rings. The lowest BCUT2D eigenvalue weighted by Crippen LogP contribution is -2.23. The molecular formula is C35H25BrN2O2. The maximum atomic E-state index is 13.0. The highest BCUT2D eigenvalue weighted by molar-refractivity contribution is 9.10. The molecule has 4 aromatic carbocycles. The first-order valence-corrected chi connectivity index (χ1v) is 13.8. The van der Waals surface area contributed by atoms with Gasteiger partial charge in [-0.2, -0.15) is 0 Å². The summed E-state index contributed by atoms with van der Waals surface area (Å²) in [7, 11) is 0. The van der Waals surface area contributed by atoms with Crippen LogP contribution in [0.3, 0.4) is 0 Å². The van der Waals surface area contributed by atoms with E-state index in [2.05, 4.69) is 68.4 Å². The molecule has 0 amide bonds. The van der Waals surface area contributed by atoms with Gasteiger partial charge < -0.3 is 4.74 Å². The van der Waals surface area contributed by atoms with Crippen molar-refractivity contribution in [2.24, 2.45) is 0 Å². The van der Waals surface area contributed by atoms with Crippen LogP contribution in [0.4, 0.5) is 0 Å². The third-order valence-electron chi connectivity index (χ3n) is 7.00. The molecule has 194 valence electrons. The van der Waals surface area contributed by atoms with Crippen LogP contribution in [0, 0.1) is 0 Å². The van der Waals surface area contributed by atoms with Crippen molar-refractivity contribution in [2.45, 2.75) is 11.8 Å². The van der Waals surface area contributed by atoms with Crippen molar-refractivity contribution in [3.8, 4) is 11.6 Å². The van der Waals surface area contributed by atoms with Gasteiger partial charge in [-0.25, -0.2) is 9.97 Å². The van der Waals surface area contributed by atoms with E-state index in [1.807, 2.05) is 84.9 Å². The van der Waals surface area contributed by atoms with Gasteiger partial charge in [0.15, 0.2) is 5.78 Å². The second-order valence-corrected chi connectivity index (χ2v) is 10.6. The zero-order valence-corrected chi connectivity index (χ0v) is 23.2. The molecule has 4 nitrogen and oxygen atoms in total. The van der Waals surface area contributed by atoms with Gasteiger partial charge in [-0.1, -0.05) is 107 Å². The molecular weight excluding hydrogens is 560 g/mol. The highest BCUT2D eigenvalue weighted by atomic mass is 79.9. The lowest BCUT2D eigenvalue weighted by Gasteiger charge is -2.32. The highest BCUT2D eigenvalue weighted by Crippen LogP contribution is 2.41. The van der Waals surface area contributed by atoms with E-state index < -0.39 is 5.41 Å². The molecule has 0 fully saturated rings. The molecule has 0 N–H and O–H groups in total. The Morgan fingerprint density at radius 1 is 0.875 bits per heavy atom. The molecule has 0 spiro atoms. The van der Waals surface area contributed by atoms with Gasteiger partial charge in [-0.05, 0) is 65.6 Å². The second kappa shape index (κ2) is 11.2. The molecule has 1 aromatic heterocycles. The number of benzene rings is 4. The average Bonchev–Trinajstić information content (AvgIpc) is 3.01. The van der Waals surface area contributed by atoms with Crippen LogP contribution in [-0.4, -0.2) is 15.8 Å². The highest BCUT2D eigenvalue weighted by Gasteiger charge is 2.30. The Hall–Kier alpha value is -4.61. The molecule has 0 bridgehead atoms. The summed E-state index contributed by atoms with van der Waals surface area (Å²) < 4.78 is 7.07. The number of carbonyl (C=O) groups excluding carboxylic acids is 1. The van der Waals surface area contributed by atoms with Crippen molar-refractivity contribution in [3.05, 3.63) is 161 Å². The fraction of sp³-hybridized carbons (Fsp3) is 0.0571. The number of carbonyl (C=O) groups is 1. The average molecular weight is 586 g/mol. The molecule has 6 rings (SSSR count). The van der Waals surface area contributed by atoms with Crippen LogP contribution in [0.2, 0.25) is 0 Å². The van der Waals surface area contributed by atoms with E-state index >= 15 is 0 Å². The van der Waals surface area contributed by atoms with Crippen LogP contribution < -0.4 is 4.74 Å². The van der Waals surface area contributed by atoms with E-state index in [9.17, 15) is 4.79 Å². The smallest absolute Gasteiger partial charge is 0.238 e. The Labute approximate surface area is 241 Å². The number of hydrogen-bond donors (Lipinski definition) is 0. The summed E-state index contributed by atoms with van der Waals surface area (Å²) >= 11 is 3.60. The van der Waals surface area contributed by atoms with Gasteiger partial charge in [0.25, 0.3) is 0 Å². The van der Waals surface area contributed by atoms with Crippen molar-refractivity contribution in [1.82, 2.24) is 9.97 Å². The van der Waals surface area contributed by atoms with Crippen LogP contribution in [0.1, 0.15) is 27.9 Å². The molecule has 1 heterocycles. The summed E-state index contributed by atoms with van der Waals surface area (Å²) in [4.78, 5) is 22.1. The van der Waals surface area contributed by atoms with Crippen molar-refractivity contribution in [1.29, 1.82) is 0 Å². The van der Waals surface area contributed by atoms with E-state index in [1.165, 1.54) is 5.57 Å². The summed E-state index contributed by atoms with van der Waals surface area (Å²) in [5.74, 6) is 1.07. The van der Waals surface area contributed by atoms with Gasteiger partial charge in [0.05, 0.1) is 17.2 Å². The number of allylic oxidation sites excluding steroid dienone is 6. The number of rotatable bonds is 7. The summed E-state index contributed by atoms with van der Waals surface area (Å²) in [5.41, 5.74) is 5.13. The quantitative estimate of drug-likeness (QED) is 0.141. The molecule has 5 heteroatoms. The number of nitrogens with zero attached hydrogens (tertiary/aromatic N) is 2. The number of fused-ring (bicyclic) bond motifs is 1. The normalized spacial score (nSPS) is 16.7. The van der Waals surface area contributed by atoms with Crippen LogP contribution in [0.25, 0.3) is 16.6 Å². The zero-order valence-electron chi connectivity index (χ0n) is 21.6. The first kappa shape index (κ1) is 25.7. The summed E-state index contributed by atoms with van der Waals surface area (Å²) in [6.07, 6.45) is 12.4. The van der Waals surface area contributed by atoms with Gasteiger partial charge in [0, 0.05) is 15.5 Å². The molecule has 0 aliphatic heterocycles.